The lowest BCUT2D eigenvalue weighted by Gasteiger charge is -2.14. The molecule has 1 unspecified atom stereocenters. The molecule has 0 aliphatic heterocycles. The molecule has 5 N–H and O–H groups in total. The fourth-order valence-corrected chi connectivity index (χ4v) is 1.57. The van der Waals surface area contributed by atoms with Crippen LogP contribution in [-0.2, 0) is 11.3 Å². The molecule has 8 nitrogen and oxygen atoms in total. The molecule has 1 heterocycles. The van der Waals surface area contributed by atoms with Crippen LogP contribution >= 0.6 is 0 Å². The Bertz CT molecular complexity index is 520. The Labute approximate surface area is 110 Å². The number of methoxy groups -OCH3 is 1. The third-order valence-electron chi connectivity index (χ3n) is 2.62. The minimum absolute atomic E-state index is 0.0661. The molecule has 0 saturated heterocycles. The summed E-state index contributed by atoms with van der Waals surface area (Å²) in [7, 11) is 1.51. The smallest absolute Gasteiger partial charge is 0.330 e. The van der Waals surface area contributed by atoms with Gasteiger partial charge in [0, 0.05) is 13.7 Å². The van der Waals surface area contributed by atoms with Crippen molar-refractivity contribution in [2.45, 2.75) is 26.0 Å². The molecule has 108 valence electrons. The number of anilines is 2. The minimum Gasteiger partial charge on any atom is -0.393 e. The van der Waals surface area contributed by atoms with E-state index in [1.165, 1.54) is 11.7 Å². The third kappa shape index (κ3) is 4.11. The summed E-state index contributed by atoms with van der Waals surface area (Å²) in [5.74, 6) is 0.0661. The van der Waals surface area contributed by atoms with Gasteiger partial charge in [-0.25, -0.2) is 4.79 Å². The van der Waals surface area contributed by atoms with Crippen LogP contribution in [0, 0.1) is 0 Å². The van der Waals surface area contributed by atoms with Crippen molar-refractivity contribution in [1.29, 1.82) is 0 Å². The van der Waals surface area contributed by atoms with Crippen LogP contribution in [0.15, 0.2) is 9.59 Å². The summed E-state index contributed by atoms with van der Waals surface area (Å²) in [5.41, 5.74) is 4.80. The van der Waals surface area contributed by atoms with Crippen molar-refractivity contribution in [3.05, 3.63) is 20.8 Å². The van der Waals surface area contributed by atoms with E-state index in [4.69, 9.17) is 15.6 Å². The number of nitrogens with zero attached hydrogens (tertiary/aromatic N) is 1. The molecule has 0 radical (unpaired) electrons. The highest BCUT2D eigenvalue weighted by Gasteiger charge is 2.11. The van der Waals surface area contributed by atoms with Gasteiger partial charge in [0.1, 0.15) is 11.5 Å². The molecule has 1 aromatic rings. The predicted molar refractivity (Wildman–Crippen MR) is 72.4 cm³/mol. The summed E-state index contributed by atoms with van der Waals surface area (Å²) in [4.78, 5) is 25.4. The predicted octanol–water partition coefficient (Wildman–Crippen LogP) is -1.05. The van der Waals surface area contributed by atoms with E-state index in [0.29, 0.717) is 19.6 Å². The van der Waals surface area contributed by atoms with Gasteiger partial charge in [-0.2, -0.15) is 0 Å². The first-order chi connectivity index (χ1) is 8.97. The highest BCUT2D eigenvalue weighted by molar-refractivity contribution is 5.60. The number of aromatic nitrogens is 2. The molecular formula is C11H20N4O4. The first-order valence-corrected chi connectivity index (χ1v) is 6.00. The van der Waals surface area contributed by atoms with Gasteiger partial charge in [-0.05, 0) is 13.3 Å². The van der Waals surface area contributed by atoms with Gasteiger partial charge in [0.15, 0.2) is 0 Å². The van der Waals surface area contributed by atoms with Crippen molar-refractivity contribution in [2.75, 3.05) is 31.3 Å². The van der Waals surface area contributed by atoms with Crippen LogP contribution in [0.4, 0.5) is 11.5 Å². The molecule has 1 atom stereocenters. The summed E-state index contributed by atoms with van der Waals surface area (Å²) in [5, 5.41) is 12.0. The molecule has 0 bridgehead atoms. The molecule has 1 rings (SSSR count). The van der Waals surface area contributed by atoms with Crippen LogP contribution < -0.4 is 22.3 Å². The van der Waals surface area contributed by atoms with E-state index >= 15 is 0 Å². The fourth-order valence-electron chi connectivity index (χ4n) is 1.57. The zero-order valence-corrected chi connectivity index (χ0v) is 11.1. The Hall–Kier alpha value is -1.80. The number of H-pyrrole nitrogens is 1. The van der Waals surface area contributed by atoms with E-state index in [9.17, 15) is 9.59 Å². The van der Waals surface area contributed by atoms with E-state index in [2.05, 4.69) is 10.3 Å². The normalized spacial score (nSPS) is 12.4. The van der Waals surface area contributed by atoms with Crippen LogP contribution in [0.3, 0.4) is 0 Å². The van der Waals surface area contributed by atoms with Crippen molar-refractivity contribution < 1.29 is 9.84 Å². The topological polar surface area (TPSA) is 122 Å². The second-order valence-corrected chi connectivity index (χ2v) is 4.23. The SMILES string of the molecule is COCCn1c(N)c(NCCC(C)O)c(=O)[nH]c1=O. The van der Waals surface area contributed by atoms with E-state index in [-0.39, 0.29) is 18.1 Å². The van der Waals surface area contributed by atoms with Crippen LogP contribution in [0.5, 0.6) is 0 Å². The second-order valence-electron chi connectivity index (χ2n) is 4.23. The Morgan fingerprint density at radius 3 is 2.79 bits per heavy atom. The molecule has 0 aliphatic rings. The monoisotopic (exact) mass is 272 g/mol. The Balaban J connectivity index is 2.97. The number of rotatable bonds is 7. The number of aromatic amines is 1. The highest BCUT2D eigenvalue weighted by Crippen LogP contribution is 2.09. The third-order valence-corrected chi connectivity index (χ3v) is 2.62. The van der Waals surface area contributed by atoms with Gasteiger partial charge in [0.25, 0.3) is 5.56 Å². The first kappa shape index (κ1) is 15.3. The molecule has 0 aromatic carbocycles. The summed E-state index contributed by atoms with van der Waals surface area (Å²) < 4.78 is 6.11. The zero-order valence-electron chi connectivity index (χ0n) is 11.1. The molecule has 0 saturated carbocycles. The van der Waals surface area contributed by atoms with Gasteiger partial charge in [-0.3, -0.25) is 14.3 Å². The number of aliphatic hydroxyl groups is 1. The van der Waals surface area contributed by atoms with Crippen LogP contribution in [-0.4, -0.2) is 41.0 Å². The first-order valence-electron chi connectivity index (χ1n) is 6.00. The summed E-state index contributed by atoms with van der Waals surface area (Å²) >= 11 is 0. The Kier molecular flexibility index (Phi) is 5.58. The fraction of sp³-hybridized carbons (Fsp3) is 0.636. The number of hydrogen-bond acceptors (Lipinski definition) is 6. The number of hydrogen-bond donors (Lipinski definition) is 4. The van der Waals surface area contributed by atoms with Crippen LogP contribution in [0.25, 0.3) is 0 Å². The maximum Gasteiger partial charge on any atom is 0.330 e. The van der Waals surface area contributed by atoms with Crippen molar-refractivity contribution in [3.8, 4) is 0 Å². The summed E-state index contributed by atoms with van der Waals surface area (Å²) in [6, 6.07) is 0. The molecular weight excluding hydrogens is 252 g/mol. The van der Waals surface area contributed by atoms with Crippen LogP contribution in [0.1, 0.15) is 13.3 Å². The van der Waals surface area contributed by atoms with Gasteiger partial charge >= 0.3 is 5.69 Å². The molecule has 0 amide bonds. The van der Waals surface area contributed by atoms with Gasteiger partial charge < -0.3 is 20.9 Å². The molecule has 8 heteroatoms. The largest absolute Gasteiger partial charge is 0.393 e. The number of nitrogens with two attached hydrogens (primary N) is 1. The average Bonchev–Trinajstić information content (AvgIpc) is 2.32. The minimum atomic E-state index is -0.569. The number of nitrogen functional groups attached to an aromatic ring is 1. The number of nitrogens with one attached hydrogen (secondary N) is 2. The van der Waals surface area contributed by atoms with E-state index in [1.54, 1.807) is 6.92 Å². The van der Waals surface area contributed by atoms with E-state index in [0.717, 1.165) is 0 Å². The lowest BCUT2D eigenvalue weighted by atomic mass is 10.3. The lowest BCUT2D eigenvalue weighted by Crippen LogP contribution is -2.35. The number of aliphatic hydroxyl groups excluding tert-OH is 1. The quantitative estimate of drug-likeness (QED) is 0.502. The second kappa shape index (κ2) is 6.95. The van der Waals surface area contributed by atoms with E-state index in [1.807, 2.05) is 0 Å². The lowest BCUT2D eigenvalue weighted by molar-refractivity contribution is 0.186. The van der Waals surface area contributed by atoms with Crippen LogP contribution in [0.2, 0.25) is 0 Å². The molecule has 0 spiro atoms. The van der Waals surface area contributed by atoms with Crippen molar-refractivity contribution in [3.63, 3.8) is 0 Å². The van der Waals surface area contributed by atoms with E-state index < -0.39 is 17.4 Å². The standard InChI is InChI=1S/C11H20N4O4/c1-7(16)3-4-13-8-9(12)15(5-6-19-2)11(18)14-10(8)17/h7,13,16H,3-6,12H2,1-2H3,(H,14,17,18). The Morgan fingerprint density at radius 2 is 2.21 bits per heavy atom. The summed E-state index contributed by atoms with van der Waals surface area (Å²) in [6.45, 7) is 2.59. The average molecular weight is 272 g/mol. The molecule has 0 fully saturated rings. The summed E-state index contributed by atoms with van der Waals surface area (Å²) in [6.07, 6.45) is -0.0111. The molecule has 1 aromatic heterocycles. The zero-order chi connectivity index (χ0) is 14.4. The highest BCUT2D eigenvalue weighted by atomic mass is 16.5. The van der Waals surface area contributed by atoms with Gasteiger partial charge in [0.05, 0.1) is 19.3 Å². The van der Waals surface area contributed by atoms with Crippen molar-refractivity contribution >= 4 is 11.5 Å². The van der Waals surface area contributed by atoms with Crippen molar-refractivity contribution in [1.82, 2.24) is 9.55 Å². The molecule has 0 aliphatic carbocycles. The number of ether oxygens (including phenoxy) is 1. The van der Waals surface area contributed by atoms with Gasteiger partial charge in [-0.15, -0.1) is 0 Å². The molecule has 19 heavy (non-hydrogen) atoms. The Morgan fingerprint density at radius 1 is 1.53 bits per heavy atom. The maximum atomic E-state index is 11.7. The van der Waals surface area contributed by atoms with Gasteiger partial charge in [0.2, 0.25) is 0 Å². The maximum absolute atomic E-state index is 11.7. The van der Waals surface area contributed by atoms with Gasteiger partial charge in [-0.1, -0.05) is 0 Å². The van der Waals surface area contributed by atoms with Crippen molar-refractivity contribution in [2.24, 2.45) is 0 Å².